The monoisotopic (exact) mass is 744 g/mol. The standard InChI is InChI=1S/C36H72O15/c1-2-3-4-5-6-7-8-9-36(38)51-35-34-50-33-32-49-31-30-48-29-28-47-27-26-46-25-24-45-23-22-44-21-20-43-19-18-42-17-16-41-15-14-40-13-12-39-11-10-37/h37H,2-35H2,1H3. The Kier molecular flexibility index (Phi) is 46.0. The average molecular weight is 745 g/mol. The number of aliphatic hydroxyl groups is 1. The number of hydrogen-bond acceptors (Lipinski definition) is 15. The Bertz CT molecular complexity index is 648. The van der Waals surface area contributed by atoms with E-state index in [-0.39, 0.29) is 19.2 Å². The van der Waals surface area contributed by atoms with Crippen LogP contribution in [-0.2, 0) is 66.4 Å². The number of carbonyl (C=O) groups excluding carboxylic acids is 1. The number of ether oxygens (including phenoxy) is 13. The third kappa shape index (κ3) is 46.9. The number of hydrogen-bond donors (Lipinski definition) is 1. The summed E-state index contributed by atoms with van der Waals surface area (Å²) in [5, 5.41) is 8.58. The van der Waals surface area contributed by atoms with Gasteiger partial charge in [0.1, 0.15) is 6.61 Å². The van der Waals surface area contributed by atoms with Crippen LogP contribution in [0.4, 0.5) is 0 Å². The van der Waals surface area contributed by atoms with E-state index in [0.717, 1.165) is 12.8 Å². The van der Waals surface area contributed by atoms with Gasteiger partial charge in [0.25, 0.3) is 0 Å². The molecule has 0 saturated carbocycles. The van der Waals surface area contributed by atoms with Crippen LogP contribution >= 0.6 is 0 Å². The average Bonchev–Trinajstić information content (AvgIpc) is 3.14. The van der Waals surface area contributed by atoms with Crippen LogP contribution in [0.5, 0.6) is 0 Å². The van der Waals surface area contributed by atoms with E-state index in [4.69, 9.17) is 66.7 Å². The van der Waals surface area contributed by atoms with Crippen LogP contribution in [0.25, 0.3) is 0 Å². The number of unbranched alkanes of at least 4 members (excludes halogenated alkanes) is 6. The Morgan fingerprint density at radius 3 is 0.843 bits per heavy atom. The summed E-state index contributed by atoms with van der Waals surface area (Å²) in [4.78, 5) is 11.7. The zero-order chi connectivity index (χ0) is 36.8. The lowest BCUT2D eigenvalue weighted by atomic mass is 10.1. The second-order valence-corrected chi connectivity index (χ2v) is 11.2. The van der Waals surface area contributed by atoms with Crippen molar-refractivity contribution in [2.24, 2.45) is 0 Å². The highest BCUT2D eigenvalue weighted by molar-refractivity contribution is 5.69. The highest BCUT2D eigenvalue weighted by Crippen LogP contribution is 2.08. The normalized spacial score (nSPS) is 11.5. The van der Waals surface area contributed by atoms with E-state index >= 15 is 0 Å². The van der Waals surface area contributed by atoms with Gasteiger partial charge in [-0.3, -0.25) is 4.79 Å². The molecule has 0 aliphatic rings. The van der Waals surface area contributed by atoms with Gasteiger partial charge in [0, 0.05) is 6.42 Å². The Labute approximate surface area is 307 Å². The van der Waals surface area contributed by atoms with Crippen LogP contribution in [0.15, 0.2) is 0 Å². The first-order valence-electron chi connectivity index (χ1n) is 19.0. The maximum absolute atomic E-state index is 11.7. The molecule has 15 nitrogen and oxygen atoms in total. The van der Waals surface area contributed by atoms with Crippen LogP contribution in [0.1, 0.15) is 58.3 Å². The molecule has 0 radical (unpaired) electrons. The molecule has 0 rings (SSSR count). The van der Waals surface area contributed by atoms with Gasteiger partial charge in [-0.25, -0.2) is 0 Å². The lowest BCUT2D eigenvalue weighted by molar-refractivity contribution is -0.145. The van der Waals surface area contributed by atoms with Crippen LogP contribution in [0, 0.1) is 0 Å². The van der Waals surface area contributed by atoms with Crippen molar-refractivity contribution in [3.05, 3.63) is 0 Å². The molecule has 0 atom stereocenters. The van der Waals surface area contributed by atoms with Crippen molar-refractivity contribution in [2.45, 2.75) is 58.3 Å². The maximum Gasteiger partial charge on any atom is 0.305 e. The van der Waals surface area contributed by atoms with Crippen molar-refractivity contribution in [3.63, 3.8) is 0 Å². The fourth-order valence-corrected chi connectivity index (χ4v) is 4.10. The van der Waals surface area contributed by atoms with E-state index < -0.39 is 0 Å². The molecule has 51 heavy (non-hydrogen) atoms. The molecule has 0 amide bonds. The molecule has 0 heterocycles. The molecule has 0 aromatic rings. The minimum atomic E-state index is -0.143. The molecular weight excluding hydrogens is 672 g/mol. The summed E-state index contributed by atoms with van der Waals surface area (Å²) in [6.45, 7) is 14.0. The minimum absolute atomic E-state index is 0.0223. The van der Waals surface area contributed by atoms with E-state index in [1.807, 2.05) is 0 Å². The molecule has 0 fully saturated rings. The van der Waals surface area contributed by atoms with E-state index in [0.29, 0.717) is 165 Å². The largest absolute Gasteiger partial charge is 0.463 e. The maximum atomic E-state index is 11.7. The van der Waals surface area contributed by atoms with Crippen LogP contribution in [0.2, 0.25) is 0 Å². The first kappa shape index (κ1) is 49.9. The molecule has 306 valence electrons. The predicted octanol–water partition coefficient (Wildman–Crippen LogP) is 2.86. The van der Waals surface area contributed by atoms with Gasteiger partial charge in [-0.1, -0.05) is 45.4 Å². The molecule has 0 aliphatic carbocycles. The molecule has 0 saturated heterocycles. The molecule has 0 aromatic carbocycles. The summed E-state index contributed by atoms with van der Waals surface area (Å²) in [6.07, 6.45) is 8.78. The lowest BCUT2D eigenvalue weighted by Gasteiger charge is -2.09. The second kappa shape index (κ2) is 47.0. The fraction of sp³-hybridized carbons (Fsp3) is 0.972. The van der Waals surface area contributed by atoms with Crippen LogP contribution < -0.4 is 0 Å². The van der Waals surface area contributed by atoms with Crippen molar-refractivity contribution in [3.8, 4) is 0 Å². The zero-order valence-electron chi connectivity index (χ0n) is 31.7. The Morgan fingerprint density at radius 1 is 0.333 bits per heavy atom. The molecule has 15 heteroatoms. The Morgan fingerprint density at radius 2 is 0.569 bits per heavy atom. The summed E-state index contributed by atoms with van der Waals surface area (Å²) in [5.41, 5.74) is 0. The van der Waals surface area contributed by atoms with Crippen molar-refractivity contribution < 1.29 is 71.5 Å². The number of esters is 1. The van der Waals surface area contributed by atoms with Crippen LogP contribution in [0.3, 0.4) is 0 Å². The van der Waals surface area contributed by atoms with Crippen molar-refractivity contribution >= 4 is 5.97 Å². The first-order chi connectivity index (χ1) is 25.3. The van der Waals surface area contributed by atoms with Gasteiger partial charge in [0.05, 0.1) is 165 Å². The summed E-state index contributed by atoms with van der Waals surface area (Å²) in [7, 11) is 0. The van der Waals surface area contributed by atoms with Crippen molar-refractivity contribution in [2.75, 3.05) is 172 Å². The van der Waals surface area contributed by atoms with Gasteiger partial charge >= 0.3 is 5.97 Å². The second-order valence-electron chi connectivity index (χ2n) is 11.2. The molecule has 0 spiro atoms. The molecule has 0 bridgehead atoms. The summed E-state index contributed by atoms with van der Waals surface area (Å²) in [5.74, 6) is -0.143. The highest BCUT2D eigenvalue weighted by Gasteiger charge is 2.03. The molecular formula is C36H72O15. The lowest BCUT2D eigenvalue weighted by Crippen LogP contribution is -2.15. The third-order valence-electron chi connectivity index (χ3n) is 6.80. The van der Waals surface area contributed by atoms with Gasteiger partial charge < -0.3 is 66.7 Å². The quantitative estimate of drug-likeness (QED) is 0.0717. The van der Waals surface area contributed by atoms with Gasteiger partial charge in [-0.2, -0.15) is 0 Å². The molecule has 1 N–H and O–H groups in total. The smallest absolute Gasteiger partial charge is 0.305 e. The van der Waals surface area contributed by atoms with E-state index in [1.54, 1.807) is 0 Å². The van der Waals surface area contributed by atoms with E-state index in [1.165, 1.54) is 32.1 Å². The van der Waals surface area contributed by atoms with Crippen LogP contribution in [-0.4, -0.2) is 183 Å². The van der Waals surface area contributed by atoms with Gasteiger partial charge in [-0.05, 0) is 6.42 Å². The van der Waals surface area contributed by atoms with Crippen molar-refractivity contribution in [1.29, 1.82) is 0 Å². The topological polar surface area (TPSA) is 157 Å². The fourth-order valence-electron chi connectivity index (χ4n) is 4.10. The summed E-state index contributed by atoms with van der Waals surface area (Å²) >= 11 is 0. The summed E-state index contributed by atoms with van der Waals surface area (Å²) in [6, 6.07) is 0. The number of aliphatic hydroxyl groups excluding tert-OH is 1. The minimum Gasteiger partial charge on any atom is -0.463 e. The van der Waals surface area contributed by atoms with E-state index in [2.05, 4.69) is 6.92 Å². The molecule has 0 aromatic heterocycles. The Balaban J connectivity index is 3.09. The Hall–Kier alpha value is -1.05. The number of carbonyl (C=O) groups is 1. The van der Waals surface area contributed by atoms with Gasteiger partial charge in [-0.15, -0.1) is 0 Å². The summed E-state index contributed by atoms with van der Waals surface area (Å²) < 4.78 is 70.2. The van der Waals surface area contributed by atoms with Crippen molar-refractivity contribution in [1.82, 2.24) is 0 Å². The predicted molar refractivity (Wildman–Crippen MR) is 190 cm³/mol. The molecule has 0 unspecified atom stereocenters. The SMILES string of the molecule is CCCCCCCCCC(=O)OCCOCCOCCOCCOCCOCCOCCOCCOCCOCCOCCOCCOCCO. The van der Waals surface area contributed by atoms with Gasteiger partial charge in [0.15, 0.2) is 0 Å². The van der Waals surface area contributed by atoms with E-state index in [9.17, 15) is 4.79 Å². The number of rotatable bonds is 46. The highest BCUT2D eigenvalue weighted by atomic mass is 16.6. The first-order valence-corrected chi connectivity index (χ1v) is 19.0. The third-order valence-corrected chi connectivity index (χ3v) is 6.80. The zero-order valence-corrected chi connectivity index (χ0v) is 31.7. The van der Waals surface area contributed by atoms with Gasteiger partial charge in [0.2, 0.25) is 0 Å². The molecule has 0 aliphatic heterocycles.